The zero-order valence-corrected chi connectivity index (χ0v) is 26.9. The number of nitrogens with one attached hydrogen (secondary N) is 4. The molecule has 10 nitrogen and oxygen atoms in total. The van der Waals surface area contributed by atoms with Gasteiger partial charge in [-0.15, -0.1) is 0 Å². The number of likely N-dealkylation sites (tertiary alicyclic amines) is 1. The normalized spacial score (nSPS) is 30.5. The Kier molecular flexibility index (Phi) is 9.80. The van der Waals surface area contributed by atoms with Crippen molar-refractivity contribution in [2.75, 3.05) is 25.0 Å². The lowest BCUT2D eigenvalue weighted by molar-refractivity contribution is -0.129. The Balaban J connectivity index is 1.09. The highest BCUT2D eigenvalue weighted by Gasteiger charge is 2.60. The molecule has 1 aromatic rings. The van der Waals surface area contributed by atoms with Crippen LogP contribution in [0.3, 0.4) is 0 Å². The number of rotatable bonds is 11. The van der Waals surface area contributed by atoms with Gasteiger partial charge in [0, 0.05) is 37.2 Å². The third-order valence-electron chi connectivity index (χ3n) is 10.3. The highest BCUT2D eigenvalue weighted by Crippen LogP contribution is 2.66. The summed E-state index contributed by atoms with van der Waals surface area (Å²) in [5, 5.41) is 18.1. The van der Waals surface area contributed by atoms with Crippen LogP contribution in [0.15, 0.2) is 18.2 Å². The van der Waals surface area contributed by atoms with Gasteiger partial charge in [0.1, 0.15) is 0 Å². The maximum absolute atomic E-state index is 13.4. The van der Waals surface area contributed by atoms with Gasteiger partial charge in [0.05, 0.1) is 16.6 Å². The molecule has 0 spiro atoms. The predicted molar refractivity (Wildman–Crippen MR) is 168 cm³/mol. The summed E-state index contributed by atoms with van der Waals surface area (Å²) in [5.74, 6) is -0.213. The maximum Gasteiger partial charge on any atom is 0.319 e. The number of hydroxylamine groups is 1. The first-order valence-corrected chi connectivity index (χ1v) is 16.7. The van der Waals surface area contributed by atoms with E-state index < -0.39 is 0 Å². The molecule has 6 rings (SSSR count). The molecule has 4 aliphatic carbocycles. The van der Waals surface area contributed by atoms with Crippen LogP contribution in [-0.4, -0.2) is 59.0 Å². The van der Waals surface area contributed by atoms with Crippen LogP contribution in [-0.2, 0) is 9.59 Å². The lowest BCUT2D eigenvalue weighted by Crippen LogP contribution is -2.65. The predicted octanol–water partition coefficient (Wildman–Crippen LogP) is 5.63. The number of amides is 5. The van der Waals surface area contributed by atoms with Gasteiger partial charge in [-0.25, -0.2) is 10.3 Å². The maximum atomic E-state index is 13.4. The number of carbonyl (C=O) groups excluding carboxylic acids is 4. The fourth-order valence-electron chi connectivity index (χ4n) is 9.47. The van der Waals surface area contributed by atoms with Gasteiger partial charge in [-0.1, -0.05) is 38.3 Å². The third-order valence-corrected chi connectivity index (χ3v) is 10.6. The second-order valence-corrected chi connectivity index (χ2v) is 15.2. The minimum Gasteiger partial charge on any atom is -0.356 e. The van der Waals surface area contributed by atoms with Crippen LogP contribution in [0.25, 0.3) is 0 Å². The van der Waals surface area contributed by atoms with Crippen LogP contribution in [0, 0.1) is 22.7 Å². The molecule has 5 amide bonds. The van der Waals surface area contributed by atoms with Crippen molar-refractivity contribution in [3.05, 3.63) is 28.8 Å². The van der Waals surface area contributed by atoms with Crippen molar-refractivity contribution in [3.8, 4) is 0 Å². The monoisotopic (exact) mass is 629 g/mol. The first-order chi connectivity index (χ1) is 20.9. The second-order valence-electron chi connectivity index (χ2n) is 14.8. The first-order valence-electron chi connectivity index (χ1n) is 16.3. The van der Waals surface area contributed by atoms with E-state index in [0.717, 1.165) is 51.4 Å². The molecule has 5 fully saturated rings. The molecule has 2 unspecified atom stereocenters. The molecule has 0 aromatic heterocycles. The fraction of sp³-hybridized carbons (Fsp3) is 0.697. The standard InChI is InChI=1S/C33H48ClN5O5/c1-31-15-22-16-32(2,19-31)21-33(17-22,20-31)37-30(43)36-26-11-10-23(14-25(26)34)29(42)39-13-7-8-24(18-39)28(41)35-12-6-4-3-5-9-27(40)38-44/h10-11,14,22,24,44H,3-9,12-13,15-21H2,1-2H3,(H,35,41)(H,38,40)(H2,36,37,43)/t22?,24-,31-,32+,33?/m0/s1. The van der Waals surface area contributed by atoms with E-state index in [1.807, 2.05) is 0 Å². The van der Waals surface area contributed by atoms with Gasteiger partial charge in [-0.2, -0.15) is 0 Å². The van der Waals surface area contributed by atoms with Gasteiger partial charge < -0.3 is 20.9 Å². The van der Waals surface area contributed by atoms with Crippen LogP contribution in [0.5, 0.6) is 0 Å². The van der Waals surface area contributed by atoms with Crippen molar-refractivity contribution in [2.45, 2.75) is 103 Å². The zero-order chi connectivity index (χ0) is 31.5. The van der Waals surface area contributed by atoms with E-state index in [9.17, 15) is 19.2 Å². The van der Waals surface area contributed by atoms with Gasteiger partial charge in [0.25, 0.3) is 5.91 Å². The van der Waals surface area contributed by atoms with Crippen molar-refractivity contribution in [1.29, 1.82) is 0 Å². The average Bonchev–Trinajstić information content (AvgIpc) is 2.94. The molecule has 0 radical (unpaired) electrons. The lowest BCUT2D eigenvalue weighted by Gasteiger charge is -2.65. The number of unbranched alkanes of at least 4 members (excludes halogenated alkanes) is 3. The molecule has 11 heteroatoms. The lowest BCUT2D eigenvalue weighted by atomic mass is 9.43. The summed E-state index contributed by atoms with van der Waals surface area (Å²) in [5.41, 5.74) is 2.93. The minimum atomic E-state index is -0.386. The largest absolute Gasteiger partial charge is 0.356 e. The van der Waals surface area contributed by atoms with E-state index in [1.165, 1.54) is 19.3 Å². The number of piperidine rings is 1. The molecule has 5 atom stereocenters. The summed E-state index contributed by atoms with van der Waals surface area (Å²) in [4.78, 5) is 52.1. The van der Waals surface area contributed by atoms with E-state index in [-0.39, 0.29) is 52.5 Å². The molecule has 4 saturated carbocycles. The topological polar surface area (TPSA) is 140 Å². The molecule has 4 bridgehead atoms. The SMILES string of the molecule is C[C@]12CC3CC(NC(=O)Nc4ccc(C(=O)N5CCC[C@H](C(=O)NCCCCCCC(=O)NO)C5)cc4Cl)(C1)C[C@@](C)(C3)C2. The number of hydrogen-bond donors (Lipinski definition) is 5. The van der Waals surface area contributed by atoms with Crippen molar-refractivity contribution in [3.63, 3.8) is 0 Å². The Morgan fingerprint density at radius 3 is 2.41 bits per heavy atom. The Morgan fingerprint density at radius 1 is 1.00 bits per heavy atom. The van der Waals surface area contributed by atoms with Crippen LogP contribution in [0.2, 0.25) is 5.02 Å². The van der Waals surface area contributed by atoms with Crippen LogP contribution in [0.1, 0.15) is 108 Å². The molecule has 1 aromatic carbocycles. The molecule has 5 N–H and O–H groups in total. The number of benzene rings is 1. The van der Waals surface area contributed by atoms with Gasteiger partial charge in [0.2, 0.25) is 11.8 Å². The van der Waals surface area contributed by atoms with Gasteiger partial charge >= 0.3 is 6.03 Å². The van der Waals surface area contributed by atoms with Gasteiger partial charge in [0.15, 0.2) is 0 Å². The van der Waals surface area contributed by atoms with E-state index >= 15 is 0 Å². The van der Waals surface area contributed by atoms with Crippen LogP contribution < -0.4 is 21.4 Å². The Labute approximate surface area is 265 Å². The molecular formula is C33H48ClN5O5. The molecular weight excluding hydrogens is 582 g/mol. The van der Waals surface area contributed by atoms with Gasteiger partial charge in [-0.3, -0.25) is 19.6 Å². The quantitative estimate of drug-likeness (QED) is 0.123. The highest BCUT2D eigenvalue weighted by atomic mass is 35.5. The summed E-state index contributed by atoms with van der Waals surface area (Å²) in [6, 6.07) is 4.71. The number of halogens is 1. The van der Waals surface area contributed by atoms with E-state index in [1.54, 1.807) is 28.6 Å². The Morgan fingerprint density at radius 2 is 1.73 bits per heavy atom. The van der Waals surface area contributed by atoms with Crippen molar-refractivity contribution in [1.82, 2.24) is 21.0 Å². The molecule has 44 heavy (non-hydrogen) atoms. The van der Waals surface area contributed by atoms with E-state index in [4.69, 9.17) is 16.8 Å². The third kappa shape index (κ3) is 7.68. The molecule has 1 aliphatic heterocycles. The van der Waals surface area contributed by atoms with Gasteiger partial charge in [-0.05, 0) is 99.2 Å². The van der Waals surface area contributed by atoms with Crippen LogP contribution in [0.4, 0.5) is 10.5 Å². The second kappa shape index (κ2) is 13.3. The zero-order valence-electron chi connectivity index (χ0n) is 26.1. The highest BCUT2D eigenvalue weighted by molar-refractivity contribution is 6.34. The van der Waals surface area contributed by atoms with Crippen molar-refractivity contribution in [2.24, 2.45) is 22.7 Å². The Bertz CT molecular complexity index is 1250. The van der Waals surface area contributed by atoms with E-state index in [2.05, 4.69) is 29.8 Å². The summed E-state index contributed by atoms with van der Waals surface area (Å²) in [6.07, 6.45) is 11.8. The van der Waals surface area contributed by atoms with Crippen molar-refractivity contribution >= 4 is 41.0 Å². The smallest absolute Gasteiger partial charge is 0.319 e. The molecule has 1 heterocycles. The van der Waals surface area contributed by atoms with Crippen molar-refractivity contribution < 1.29 is 24.4 Å². The number of carbonyl (C=O) groups is 4. The summed E-state index contributed by atoms with van der Waals surface area (Å²) < 4.78 is 0. The average molecular weight is 630 g/mol. The summed E-state index contributed by atoms with van der Waals surface area (Å²) >= 11 is 6.57. The number of nitrogens with zero attached hydrogens (tertiary/aromatic N) is 1. The number of anilines is 1. The number of hydrogen-bond acceptors (Lipinski definition) is 5. The molecule has 242 valence electrons. The minimum absolute atomic E-state index is 0.0484. The molecule has 1 saturated heterocycles. The fourth-order valence-corrected chi connectivity index (χ4v) is 9.69. The first kappa shape index (κ1) is 32.5. The van der Waals surface area contributed by atoms with Crippen LogP contribution >= 0.6 is 11.6 Å². The molecule has 5 aliphatic rings. The summed E-state index contributed by atoms with van der Waals surface area (Å²) in [6.45, 7) is 6.23. The number of urea groups is 1. The van der Waals surface area contributed by atoms with E-state index in [0.29, 0.717) is 48.2 Å². The summed E-state index contributed by atoms with van der Waals surface area (Å²) in [7, 11) is 0. The Hall–Kier alpha value is -2.85.